The number of anilines is 1. The maximum Gasteiger partial charge on any atom is 0.264 e. The van der Waals surface area contributed by atoms with Gasteiger partial charge >= 0.3 is 0 Å². The van der Waals surface area contributed by atoms with Crippen molar-refractivity contribution < 1.29 is 0 Å². The zero-order valence-electron chi connectivity index (χ0n) is 17.9. The van der Waals surface area contributed by atoms with Crippen molar-refractivity contribution >= 4 is 39.2 Å². The Morgan fingerprint density at radius 2 is 1.85 bits per heavy atom. The number of pyridine rings is 2. The Bertz CT molecular complexity index is 1720. The zero-order valence-corrected chi connectivity index (χ0v) is 18.7. The lowest BCUT2D eigenvalue weighted by Crippen LogP contribution is -2.27. The van der Waals surface area contributed by atoms with Gasteiger partial charge in [0.2, 0.25) is 0 Å². The smallest absolute Gasteiger partial charge is 0.264 e. The molecule has 8 nitrogen and oxygen atoms in total. The standard InChI is InChI=1S/C25H17ClN6O2/c1-14(31-24-20-18(33)10-11-28-23(20)29-13-30-24)22-21(26)17-9-5-6-15(12-27)19(17)25(34)32(22)16-7-3-2-4-8-16/h2-11,13-14H,1H3,(H2,28,29,30,31,33). The van der Waals surface area contributed by atoms with Crippen LogP contribution in [0.1, 0.15) is 24.2 Å². The van der Waals surface area contributed by atoms with E-state index >= 15 is 0 Å². The Hall–Kier alpha value is -4.48. The fourth-order valence-electron chi connectivity index (χ4n) is 4.12. The number of fused-ring (bicyclic) bond motifs is 2. The van der Waals surface area contributed by atoms with E-state index in [1.54, 1.807) is 30.3 Å². The fourth-order valence-corrected chi connectivity index (χ4v) is 4.53. The molecule has 3 aromatic heterocycles. The molecule has 0 saturated heterocycles. The summed E-state index contributed by atoms with van der Waals surface area (Å²) in [5, 5.41) is 14.2. The Morgan fingerprint density at radius 1 is 1.06 bits per heavy atom. The molecule has 0 spiro atoms. The van der Waals surface area contributed by atoms with Gasteiger partial charge in [-0.25, -0.2) is 9.97 Å². The highest BCUT2D eigenvalue weighted by Crippen LogP contribution is 2.33. The molecule has 0 aliphatic carbocycles. The molecule has 2 N–H and O–H groups in total. The number of para-hydroxylation sites is 1. The van der Waals surface area contributed by atoms with Crippen molar-refractivity contribution in [3.8, 4) is 11.8 Å². The summed E-state index contributed by atoms with van der Waals surface area (Å²) in [4.78, 5) is 37.6. The molecule has 0 saturated carbocycles. The number of rotatable bonds is 4. The molecule has 5 aromatic rings. The molecule has 1 atom stereocenters. The highest BCUT2D eigenvalue weighted by atomic mass is 35.5. The van der Waals surface area contributed by atoms with E-state index in [-0.39, 0.29) is 21.9 Å². The van der Waals surface area contributed by atoms with Crippen molar-refractivity contribution in [3.05, 3.63) is 104 Å². The molecule has 166 valence electrons. The summed E-state index contributed by atoms with van der Waals surface area (Å²) in [7, 11) is 0. The Morgan fingerprint density at radius 3 is 2.62 bits per heavy atom. The summed E-state index contributed by atoms with van der Waals surface area (Å²) in [6.07, 6.45) is 2.86. The van der Waals surface area contributed by atoms with Gasteiger partial charge in [0.15, 0.2) is 5.43 Å². The second kappa shape index (κ2) is 8.46. The summed E-state index contributed by atoms with van der Waals surface area (Å²) in [6, 6.07) is 17.0. The largest absolute Gasteiger partial charge is 0.361 e. The first kappa shape index (κ1) is 21.4. The van der Waals surface area contributed by atoms with Gasteiger partial charge < -0.3 is 10.3 Å². The summed E-state index contributed by atoms with van der Waals surface area (Å²) in [5.41, 5.74) is 1.10. The van der Waals surface area contributed by atoms with Crippen LogP contribution < -0.4 is 16.3 Å². The van der Waals surface area contributed by atoms with Crippen molar-refractivity contribution in [2.24, 2.45) is 0 Å². The van der Waals surface area contributed by atoms with Crippen molar-refractivity contribution in [1.82, 2.24) is 19.5 Å². The van der Waals surface area contributed by atoms with Gasteiger partial charge in [-0.05, 0) is 25.1 Å². The molecular weight excluding hydrogens is 452 g/mol. The number of hydrogen-bond acceptors (Lipinski definition) is 6. The van der Waals surface area contributed by atoms with E-state index in [0.717, 1.165) is 0 Å². The minimum atomic E-state index is -0.548. The van der Waals surface area contributed by atoms with Gasteiger partial charge in [-0.3, -0.25) is 14.2 Å². The van der Waals surface area contributed by atoms with E-state index in [9.17, 15) is 14.9 Å². The van der Waals surface area contributed by atoms with Crippen LogP contribution >= 0.6 is 11.6 Å². The van der Waals surface area contributed by atoms with Crippen molar-refractivity contribution in [3.63, 3.8) is 0 Å². The van der Waals surface area contributed by atoms with Gasteiger partial charge in [0.1, 0.15) is 23.2 Å². The van der Waals surface area contributed by atoms with Crippen molar-refractivity contribution in [2.45, 2.75) is 13.0 Å². The quantitative estimate of drug-likeness (QED) is 0.405. The van der Waals surface area contributed by atoms with E-state index in [2.05, 4.69) is 26.3 Å². The summed E-state index contributed by atoms with van der Waals surface area (Å²) in [5.74, 6) is 0.313. The first-order chi connectivity index (χ1) is 16.5. The summed E-state index contributed by atoms with van der Waals surface area (Å²) in [6.45, 7) is 1.82. The minimum absolute atomic E-state index is 0.243. The fraction of sp³-hybridized carbons (Fsp3) is 0.0800. The maximum atomic E-state index is 13.7. The average molecular weight is 469 g/mol. The average Bonchev–Trinajstić information content (AvgIpc) is 2.86. The van der Waals surface area contributed by atoms with Crippen LogP contribution in [-0.2, 0) is 0 Å². The first-order valence-electron chi connectivity index (χ1n) is 10.4. The molecule has 0 bridgehead atoms. The van der Waals surface area contributed by atoms with E-state index in [1.165, 1.54) is 23.2 Å². The number of nitrogens with zero attached hydrogens (tertiary/aromatic N) is 4. The van der Waals surface area contributed by atoms with Crippen LogP contribution in [0.5, 0.6) is 0 Å². The number of H-pyrrole nitrogens is 1. The topological polar surface area (TPSA) is 116 Å². The van der Waals surface area contributed by atoms with Crippen LogP contribution in [0.25, 0.3) is 27.5 Å². The van der Waals surface area contributed by atoms with Gasteiger partial charge in [0, 0.05) is 23.3 Å². The number of nitriles is 1. The highest BCUT2D eigenvalue weighted by molar-refractivity contribution is 6.36. The predicted octanol–water partition coefficient (Wildman–Crippen LogP) is 4.32. The van der Waals surface area contributed by atoms with Crippen molar-refractivity contribution in [1.29, 1.82) is 5.26 Å². The molecule has 5 rings (SSSR count). The maximum absolute atomic E-state index is 13.7. The van der Waals surface area contributed by atoms with E-state index < -0.39 is 6.04 Å². The van der Waals surface area contributed by atoms with Crippen LogP contribution in [-0.4, -0.2) is 19.5 Å². The van der Waals surface area contributed by atoms with Crippen LogP contribution in [0.2, 0.25) is 5.02 Å². The number of aromatic amines is 1. The van der Waals surface area contributed by atoms with Crippen LogP contribution in [0.4, 0.5) is 5.82 Å². The SMILES string of the molecule is CC(Nc1ncnc2[nH]ccc(=O)c12)c1c(Cl)c2cccc(C#N)c2c(=O)n1-c1ccccc1. The van der Waals surface area contributed by atoms with Gasteiger partial charge in [-0.15, -0.1) is 0 Å². The van der Waals surface area contributed by atoms with Gasteiger partial charge in [-0.1, -0.05) is 41.9 Å². The lowest BCUT2D eigenvalue weighted by Gasteiger charge is -2.23. The third-order valence-electron chi connectivity index (χ3n) is 5.63. The van der Waals surface area contributed by atoms with E-state index in [1.807, 2.05) is 25.1 Å². The molecule has 0 amide bonds. The number of halogens is 1. The van der Waals surface area contributed by atoms with Crippen LogP contribution in [0.15, 0.2) is 76.7 Å². The van der Waals surface area contributed by atoms with Crippen molar-refractivity contribution in [2.75, 3.05) is 5.32 Å². The molecular formula is C25H17ClN6O2. The molecule has 1 unspecified atom stereocenters. The Kier molecular flexibility index (Phi) is 5.32. The molecule has 0 aliphatic heterocycles. The highest BCUT2D eigenvalue weighted by Gasteiger charge is 2.24. The molecule has 34 heavy (non-hydrogen) atoms. The van der Waals surface area contributed by atoms with Gasteiger partial charge in [0.05, 0.1) is 33.8 Å². The molecule has 2 aromatic carbocycles. The van der Waals surface area contributed by atoms with Crippen LogP contribution in [0.3, 0.4) is 0 Å². The third kappa shape index (κ3) is 3.39. The number of nitrogens with one attached hydrogen (secondary N) is 2. The Balaban J connectivity index is 1.79. The molecule has 0 fully saturated rings. The second-order valence-corrected chi connectivity index (χ2v) is 8.05. The lowest BCUT2D eigenvalue weighted by molar-refractivity contribution is 0.774. The normalized spacial score (nSPS) is 11.9. The first-order valence-corrected chi connectivity index (χ1v) is 10.8. The lowest BCUT2D eigenvalue weighted by atomic mass is 10.0. The second-order valence-electron chi connectivity index (χ2n) is 7.67. The van der Waals surface area contributed by atoms with E-state index in [0.29, 0.717) is 38.6 Å². The predicted molar refractivity (Wildman–Crippen MR) is 131 cm³/mol. The molecule has 0 aliphatic rings. The summed E-state index contributed by atoms with van der Waals surface area (Å²) < 4.78 is 1.50. The van der Waals surface area contributed by atoms with Gasteiger partial charge in [0.25, 0.3) is 5.56 Å². The number of hydrogen-bond donors (Lipinski definition) is 2. The minimum Gasteiger partial charge on any atom is -0.361 e. The van der Waals surface area contributed by atoms with Gasteiger partial charge in [-0.2, -0.15) is 5.26 Å². The zero-order chi connectivity index (χ0) is 23.8. The summed E-state index contributed by atoms with van der Waals surface area (Å²) >= 11 is 6.90. The third-order valence-corrected chi connectivity index (χ3v) is 6.03. The number of benzene rings is 2. The monoisotopic (exact) mass is 468 g/mol. The Labute approximate surface area is 198 Å². The molecule has 0 radical (unpaired) electrons. The molecule has 3 heterocycles. The van der Waals surface area contributed by atoms with Crippen LogP contribution in [0, 0.1) is 11.3 Å². The number of aromatic nitrogens is 4. The molecule has 9 heteroatoms. The van der Waals surface area contributed by atoms with E-state index in [4.69, 9.17) is 11.6 Å².